The Morgan fingerprint density at radius 2 is 1.71 bits per heavy atom. The zero-order valence-corrected chi connectivity index (χ0v) is 21.0. The van der Waals surface area contributed by atoms with Crippen molar-refractivity contribution in [1.82, 2.24) is 14.5 Å². The molecule has 2 aliphatic rings. The van der Waals surface area contributed by atoms with Gasteiger partial charge in [-0.3, -0.25) is 13.9 Å². The number of carbonyl (C=O) groups excluding carboxylic acids is 1. The third-order valence-electron chi connectivity index (χ3n) is 6.92. The molecule has 1 aromatic carbocycles. The number of amides is 1. The van der Waals surface area contributed by atoms with Gasteiger partial charge in [0.15, 0.2) is 0 Å². The van der Waals surface area contributed by atoms with E-state index >= 15 is 4.39 Å². The van der Waals surface area contributed by atoms with E-state index in [2.05, 4.69) is 10.6 Å². The Morgan fingerprint density at radius 1 is 1.06 bits per heavy atom. The Hall–Kier alpha value is -2.84. The number of ether oxygens (including phenoxy) is 1. The van der Waals surface area contributed by atoms with Gasteiger partial charge in [0.1, 0.15) is 11.4 Å². The van der Waals surface area contributed by atoms with Crippen LogP contribution in [0.5, 0.6) is 0 Å². The van der Waals surface area contributed by atoms with E-state index in [1.54, 1.807) is 31.4 Å². The molecule has 4 rings (SSSR count). The van der Waals surface area contributed by atoms with Gasteiger partial charge in [0.05, 0.1) is 16.6 Å². The summed E-state index contributed by atoms with van der Waals surface area (Å²) in [6.07, 6.45) is 8.47. The summed E-state index contributed by atoms with van der Waals surface area (Å²) >= 11 is 0. The molecule has 0 bridgehead atoms. The van der Waals surface area contributed by atoms with Crippen molar-refractivity contribution >= 4 is 22.7 Å². The van der Waals surface area contributed by atoms with Crippen molar-refractivity contribution in [2.45, 2.75) is 103 Å². The molecule has 2 fully saturated rings. The Kier molecular flexibility index (Phi) is 7.52. The van der Waals surface area contributed by atoms with Gasteiger partial charge >= 0.3 is 11.8 Å². The maximum absolute atomic E-state index is 15.1. The molecular weight excluding hydrogens is 451 g/mol. The van der Waals surface area contributed by atoms with Crippen LogP contribution < -0.4 is 21.9 Å². The van der Waals surface area contributed by atoms with Crippen molar-refractivity contribution in [3.05, 3.63) is 38.8 Å². The summed E-state index contributed by atoms with van der Waals surface area (Å²) in [6.45, 7) is 5.29. The van der Waals surface area contributed by atoms with Gasteiger partial charge in [-0.15, -0.1) is 0 Å². The van der Waals surface area contributed by atoms with E-state index in [9.17, 15) is 14.4 Å². The van der Waals surface area contributed by atoms with Crippen molar-refractivity contribution in [3.8, 4) is 0 Å². The Labute approximate surface area is 204 Å². The van der Waals surface area contributed by atoms with E-state index in [0.717, 1.165) is 55.9 Å². The predicted octanol–water partition coefficient (Wildman–Crippen LogP) is 4.69. The maximum Gasteiger partial charge on any atom is 0.407 e. The Balaban J connectivity index is 1.69. The number of hydrogen-bond donors (Lipinski definition) is 2. The number of rotatable bonds is 6. The van der Waals surface area contributed by atoms with Gasteiger partial charge in [-0.05, 0) is 58.6 Å². The second kappa shape index (κ2) is 10.4. The second-order valence-corrected chi connectivity index (χ2v) is 10.8. The third-order valence-corrected chi connectivity index (χ3v) is 6.92. The van der Waals surface area contributed by atoms with Crippen LogP contribution in [0.1, 0.15) is 84.6 Å². The number of anilines is 1. The molecule has 35 heavy (non-hydrogen) atoms. The maximum atomic E-state index is 15.1. The largest absolute Gasteiger partial charge is 0.444 e. The molecule has 0 aliphatic heterocycles. The van der Waals surface area contributed by atoms with Gasteiger partial charge in [0.2, 0.25) is 0 Å². The van der Waals surface area contributed by atoms with Crippen molar-refractivity contribution in [2.24, 2.45) is 0 Å². The topological polar surface area (TPSA) is 94.4 Å². The fraction of sp³-hybridized carbons (Fsp3) is 0.654. The number of halogens is 1. The summed E-state index contributed by atoms with van der Waals surface area (Å²) < 4.78 is 23.1. The highest BCUT2D eigenvalue weighted by atomic mass is 19.1. The molecule has 8 nitrogen and oxygen atoms in total. The van der Waals surface area contributed by atoms with Crippen LogP contribution in [0, 0.1) is 5.82 Å². The van der Waals surface area contributed by atoms with Crippen molar-refractivity contribution in [1.29, 1.82) is 0 Å². The SMILES string of the molecule is CC(C)(C)OC(=O)NCCn1c(=O)c2cc(F)c(NC3CCCCC3)cc2n(C2CCCC2)c1=O. The molecule has 1 aromatic heterocycles. The first kappa shape index (κ1) is 25.3. The average Bonchev–Trinajstić information content (AvgIpc) is 3.31. The van der Waals surface area contributed by atoms with Crippen LogP contribution in [0.3, 0.4) is 0 Å². The van der Waals surface area contributed by atoms with E-state index in [4.69, 9.17) is 4.74 Å². The van der Waals surface area contributed by atoms with Crippen LogP contribution in [0.2, 0.25) is 0 Å². The van der Waals surface area contributed by atoms with Crippen molar-refractivity contribution in [2.75, 3.05) is 11.9 Å². The van der Waals surface area contributed by atoms with Gasteiger partial charge < -0.3 is 15.4 Å². The first-order chi connectivity index (χ1) is 16.6. The first-order valence-electron chi connectivity index (χ1n) is 12.9. The second-order valence-electron chi connectivity index (χ2n) is 10.8. The molecule has 2 saturated carbocycles. The van der Waals surface area contributed by atoms with Crippen molar-refractivity contribution < 1.29 is 13.9 Å². The fourth-order valence-corrected chi connectivity index (χ4v) is 5.27. The van der Waals surface area contributed by atoms with Gasteiger partial charge in [0, 0.05) is 25.2 Å². The van der Waals surface area contributed by atoms with Crippen LogP contribution in [-0.4, -0.2) is 33.4 Å². The highest BCUT2D eigenvalue weighted by Crippen LogP contribution is 2.32. The highest BCUT2D eigenvalue weighted by molar-refractivity contribution is 5.82. The van der Waals surface area contributed by atoms with Crippen LogP contribution in [-0.2, 0) is 11.3 Å². The zero-order valence-electron chi connectivity index (χ0n) is 21.0. The molecule has 2 aliphatic carbocycles. The highest BCUT2D eigenvalue weighted by Gasteiger charge is 2.25. The summed E-state index contributed by atoms with van der Waals surface area (Å²) in [5.74, 6) is -0.491. The molecule has 0 unspecified atom stereocenters. The summed E-state index contributed by atoms with van der Waals surface area (Å²) in [5.41, 5.74) is -0.800. The number of nitrogens with one attached hydrogen (secondary N) is 2. The van der Waals surface area contributed by atoms with Gasteiger partial charge in [-0.25, -0.2) is 14.0 Å². The Morgan fingerprint density at radius 3 is 2.37 bits per heavy atom. The van der Waals surface area contributed by atoms with E-state index in [-0.39, 0.29) is 30.6 Å². The molecule has 0 saturated heterocycles. The number of hydrogen-bond acceptors (Lipinski definition) is 5. The van der Waals surface area contributed by atoms with Crippen LogP contribution >= 0.6 is 0 Å². The predicted molar refractivity (Wildman–Crippen MR) is 135 cm³/mol. The van der Waals surface area contributed by atoms with E-state index < -0.39 is 28.8 Å². The normalized spacial score (nSPS) is 17.6. The molecule has 0 spiro atoms. The molecule has 1 amide bonds. The van der Waals surface area contributed by atoms with Crippen LogP contribution in [0.25, 0.3) is 10.9 Å². The molecular formula is C26H37FN4O4. The van der Waals surface area contributed by atoms with Crippen LogP contribution in [0.4, 0.5) is 14.9 Å². The lowest BCUT2D eigenvalue weighted by molar-refractivity contribution is 0.0525. The minimum Gasteiger partial charge on any atom is -0.444 e. The monoisotopic (exact) mass is 488 g/mol. The number of fused-ring (bicyclic) bond motifs is 1. The molecule has 0 atom stereocenters. The van der Waals surface area contributed by atoms with E-state index in [0.29, 0.717) is 11.2 Å². The fourth-order valence-electron chi connectivity index (χ4n) is 5.27. The number of aromatic nitrogens is 2. The minimum absolute atomic E-state index is 0.0245. The van der Waals surface area contributed by atoms with E-state index in [1.807, 2.05) is 0 Å². The van der Waals surface area contributed by atoms with Gasteiger partial charge in [0.25, 0.3) is 5.56 Å². The molecule has 9 heteroatoms. The summed E-state index contributed by atoms with van der Waals surface area (Å²) in [7, 11) is 0. The van der Waals surface area contributed by atoms with Crippen molar-refractivity contribution in [3.63, 3.8) is 0 Å². The number of benzene rings is 1. The van der Waals surface area contributed by atoms with Gasteiger partial charge in [-0.2, -0.15) is 0 Å². The zero-order chi connectivity index (χ0) is 25.2. The average molecular weight is 489 g/mol. The molecule has 192 valence electrons. The lowest BCUT2D eigenvalue weighted by Gasteiger charge is -2.25. The lowest BCUT2D eigenvalue weighted by atomic mass is 9.95. The molecule has 2 aromatic rings. The molecule has 0 radical (unpaired) electrons. The number of carbonyl (C=O) groups is 1. The van der Waals surface area contributed by atoms with E-state index in [1.165, 1.54) is 12.5 Å². The molecule has 1 heterocycles. The smallest absolute Gasteiger partial charge is 0.407 e. The standard InChI is InChI=1S/C26H37FN4O4/c1-26(2,3)35-24(33)28-13-14-30-23(32)19-15-20(27)21(29-17-9-5-4-6-10-17)16-22(19)31(25(30)34)18-11-7-8-12-18/h15-18,29H,4-14H2,1-3H3,(H,28,33). The lowest BCUT2D eigenvalue weighted by Crippen LogP contribution is -2.44. The number of nitrogens with zero attached hydrogens (tertiary/aromatic N) is 2. The quantitative estimate of drug-likeness (QED) is 0.615. The minimum atomic E-state index is -0.653. The molecule has 2 N–H and O–H groups in total. The van der Waals surface area contributed by atoms with Crippen LogP contribution in [0.15, 0.2) is 21.7 Å². The first-order valence-corrected chi connectivity index (χ1v) is 12.9. The summed E-state index contributed by atoms with van der Waals surface area (Å²) in [6, 6.07) is 3.06. The summed E-state index contributed by atoms with van der Waals surface area (Å²) in [4.78, 5) is 38.8. The summed E-state index contributed by atoms with van der Waals surface area (Å²) in [5, 5.41) is 6.09. The number of alkyl carbamates (subject to hydrolysis) is 1. The Bertz CT molecular complexity index is 1190. The third kappa shape index (κ3) is 5.87. The van der Waals surface area contributed by atoms with Gasteiger partial charge in [-0.1, -0.05) is 32.1 Å².